The maximum atomic E-state index is 11.0. The first-order valence-electron chi connectivity index (χ1n) is 4.81. The molecule has 0 radical (unpaired) electrons. The predicted octanol–water partition coefficient (Wildman–Crippen LogP) is 2.21. The smallest absolute Gasteiger partial charge is 0.345 e. The van der Waals surface area contributed by atoms with Crippen LogP contribution in [0.1, 0.15) is 20.0 Å². The Balaban J connectivity index is 2.42. The van der Waals surface area contributed by atoms with Gasteiger partial charge in [-0.1, -0.05) is 12.1 Å². The summed E-state index contributed by atoms with van der Waals surface area (Å²) in [6, 6.07) is 10.1. The molecule has 1 heterocycles. The van der Waals surface area contributed by atoms with E-state index in [2.05, 4.69) is 0 Å². The Morgan fingerprint density at radius 3 is 2.53 bits per heavy atom. The van der Waals surface area contributed by atoms with Crippen LogP contribution in [-0.4, -0.2) is 17.0 Å². The predicted molar refractivity (Wildman–Crippen MR) is 65.2 cm³/mol. The average molecular weight is 247 g/mol. The van der Waals surface area contributed by atoms with Crippen molar-refractivity contribution in [3.63, 3.8) is 0 Å². The quantitative estimate of drug-likeness (QED) is 0.872. The zero-order chi connectivity index (χ0) is 12.4. The number of carboxylic acids is 1. The van der Waals surface area contributed by atoms with Crippen LogP contribution < -0.4 is 5.73 Å². The molecule has 0 spiro atoms. The number of carbonyl (C=O) groups excluding carboxylic acids is 1. The molecule has 0 fully saturated rings. The Labute approximate surface area is 101 Å². The van der Waals surface area contributed by atoms with Crippen molar-refractivity contribution < 1.29 is 14.7 Å². The zero-order valence-corrected chi connectivity index (χ0v) is 9.53. The molecule has 4 nitrogen and oxygen atoms in total. The van der Waals surface area contributed by atoms with Crippen molar-refractivity contribution in [2.24, 2.45) is 5.73 Å². The number of carbonyl (C=O) groups is 2. The SMILES string of the molecule is NC(=O)c1cccc(-c2ccc(C(=O)O)s2)c1. The lowest BCUT2D eigenvalue weighted by molar-refractivity contribution is 0.0702. The van der Waals surface area contributed by atoms with E-state index in [0.717, 1.165) is 21.8 Å². The number of aromatic carboxylic acids is 1. The minimum atomic E-state index is -0.952. The number of rotatable bonds is 3. The van der Waals surface area contributed by atoms with Gasteiger partial charge in [0.25, 0.3) is 0 Å². The first-order chi connectivity index (χ1) is 8.08. The molecule has 5 heteroatoms. The zero-order valence-electron chi connectivity index (χ0n) is 8.71. The van der Waals surface area contributed by atoms with Gasteiger partial charge in [0.1, 0.15) is 4.88 Å². The third-order valence-corrected chi connectivity index (χ3v) is 3.37. The van der Waals surface area contributed by atoms with Crippen molar-refractivity contribution in [1.29, 1.82) is 0 Å². The van der Waals surface area contributed by atoms with E-state index < -0.39 is 11.9 Å². The molecule has 86 valence electrons. The molecule has 1 amide bonds. The fourth-order valence-corrected chi connectivity index (χ4v) is 2.27. The summed E-state index contributed by atoms with van der Waals surface area (Å²) in [5.41, 5.74) is 6.39. The maximum Gasteiger partial charge on any atom is 0.345 e. The summed E-state index contributed by atoms with van der Waals surface area (Å²) < 4.78 is 0. The molecule has 2 aromatic rings. The van der Waals surface area contributed by atoms with Gasteiger partial charge >= 0.3 is 5.97 Å². The van der Waals surface area contributed by atoms with Gasteiger partial charge < -0.3 is 10.8 Å². The van der Waals surface area contributed by atoms with E-state index in [1.165, 1.54) is 0 Å². The van der Waals surface area contributed by atoms with Crippen LogP contribution >= 0.6 is 11.3 Å². The molecule has 0 aliphatic rings. The molecular weight excluding hydrogens is 238 g/mol. The summed E-state index contributed by atoms with van der Waals surface area (Å²) in [6.45, 7) is 0. The van der Waals surface area contributed by atoms with Crippen LogP contribution in [0.15, 0.2) is 36.4 Å². The van der Waals surface area contributed by atoms with E-state index in [1.807, 2.05) is 6.07 Å². The van der Waals surface area contributed by atoms with Crippen molar-refractivity contribution in [1.82, 2.24) is 0 Å². The Bertz CT molecular complexity index is 589. The first-order valence-corrected chi connectivity index (χ1v) is 5.63. The van der Waals surface area contributed by atoms with Crippen molar-refractivity contribution >= 4 is 23.2 Å². The largest absolute Gasteiger partial charge is 0.477 e. The fraction of sp³-hybridized carbons (Fsp3) is 0. The molecule has 0 unspecified atom stereocenters. The number of nitrogens with two attached hydrogens (primary N) is 1. The highest BCUT2D eigenvalue weighted by atomic mass is 32.1. The minimum Gasteiger partial charge on any atom is -0.477 e. The van der Waals surface area contributed by atoms with E-state index >= 15 is 0 Å². The minimum absolute atomic E-state index is 0.268. The summed E-state index contributed by atoms with van der Waals surface area (Å²) in [5.74, 6) is -1.45. The Morgan fingerprint density at radius 2 is 1.94 bits per heavy atom. The second-order valence-electron chi connectivity index (χ2n) is 3.41. The van der Waals surface area contributed by atoms with E-state index in [9.17, 15) is 9.59 Å². The molecule has 0 saturated heterocycles. The highest BCUT2D eigenvalue weighted by Gasteiger charge is 2.09. The van der Waals surface area contributed by atoms with Gasteiger partial charge in [-0.05, 0) is 29.8 Å². The van der Waals surface area contributed by atoms with Crippen molar-refractivity contribution in [3.8, 4) is 10.4 Å². The van der Waals surface area contributed by atoms with Crippen LogP contribution in [0.2, 0.25) is 0 Å². The maximum absolute atomic E-state index is 11.0. The van der Waals surface area contributed by atoms with Crippen molar-refractivity contribution in [3.05, 3.63) is 46.8 Å². The standard InChI is InChI=1S/C12H9NO3S/c13-11(14)8-3-1-2-7(6-8)9-4-5-10(17-9)12(15)16/h1-6H,(H2,13,14)(H,15,16). The van der Waals surface area contributed by atoms with Crippen LogP contribution in [0, 0.1) is 0 Å². The van der Waals surface area contributed by atoms with Crippen LogP contribution in [0.5, 0.6) is 0 Å². The molecule has 2 rings (SSSR count). The van der Waals surface area contributed by atoms with Crippen molar-refractivity contribution in [2.75, 3.05) is 0 Å². The second kappa shape index (κ2) is 4.39. The topological polar surface area (TPSA) is 80.4 Å². The summed E-state index contributed by atoms with van der Waals surface area (Å²) in [5, 5.41) is 8.82. The first kappa shape index (κ1) is 11.3. The number of carboxylic acid groups (broad SMARTS) is 1. The lowest BCUT2D eigenvalue weighted by atomic mass is 10.1. The molecule has 1 aromatic heterocycles. The molecule has 1 aromatic carbocycles. The van der Waals surface area contributed by atoms with Gasteiger partial charge in [0.05, 0.1) is 0 Å². The molecule has 17 heavy (non-hydrogen) atoms. The highest BCUT2D eigenvalue weighted by Crippen LogP contribution is 2.28. The number of hydrogen-bond donors (Lipinski definition) is 2. The fourth-order valence-electron chi connectivity index (χ4n) is 1.43. The van der Waals surface area contributed by atoms with E-state index in [4.69, 9.17) is 10.8 Å². The number of benzene rings is 1. The molecule has 0 aliphatic heterocycles. The summed E-state index contributed by atoms with van der Waals surface area (Å²) in [7, 11) is 0. The summed E-state index contributed by atoms with van der Waals surface area (Å²) in [4.78, 5) is 22.9. The number of thiophene rings is 1. The second-order valence-corrected chi connectivity index (χ2v) is 4.50. The van der Waals surface area contributed by atoms with Crippen LogP contribution in [-0.2, 0) is 0 Å². The van der Waals surface area contributed by atoms with Crippen LogP contribution in [0.4, 0.5) is 0 Å². The van der Waals surface area contributed by atoms with Gasteiger partial charge in [-0.15, -0.1) is 11.3 Å². The lowest BCUT2D eigenvalue weighted by Gasteiger charge is -1.99. The van der Waals surface area contributed by atoms with E-state index in [-0.39, 0.29) is 4.88 Å². The molecule has 0 aliphatic carbocycles. The number of amides is 1. The van der Waals surface area contributed by atoms with E-state index in [0.29, 0.717) is 5.56 Å². The summed E-state index contributed by atoms with van der Waals surface area (Å²) >= 11 is 1.16. The lowest BCUT2D eigenvalue weighted by Crippen LogP contribution is -2.10. The normalized spacial score (nSPS) is 10.1. The Hall–Kier alpha value is -2.14. The van der Waals surface area contributed by atoms with Gasteiger partial charge in [-0.25, -0.2) is 4.79 Å². The third kappa shape index (κ3) is 2.34. The van der Waals surface area contributed by atoms with Gasteiger partial charge in [-0.2, -0.15) is 0 Å². The highest BCUT2D eigenvalue weighted by molar-refractivity contribution is 7.17. The van der Waals surface area contributed by atoms with Gasteiger partial charge in [-0.3, -0.25) is 4.79 Å². The average Bonchev–Trinajstić information content (AvgIpc) is 2.78. The number of primary amides is 1. The van der Waals surface area contributed by atoms with Gasteiger partial charge in [0, 0.05) is 10.4 Å². The monoisotopic (exact) mass is 247 g/mol. The van der Waals surface area contributed by atoms with Crippen LogP contribution in [0.3, 0.4) is 0 Å². The van der Waals surface area contributed by atoms with Gasteiger partial charge in [0.2, 0.25) is 5.91 Å². The molecule has 3 N–H and O–H groups in total. The van der Waals surface area contributed by atoms with Gasteiger partial charge in [0.15, 0.2) is 0 Å². The molecule has 0 bridgehead atoms. The third-order valence-electron chi connectivity index (χ3n) is 2.25. The Kier molecular flexibility index (Phi) is 2.93. The summed E-state index contributed by atoms with van der Waals surface area (Å²) in [6.07, 6.45) is 0. The van der Waals surface area contributed by atoms with Crippen molar-refractivity contribution in [2.45, 2.75) is 0 Å². The Morgan fingerprint density at radius 1 is 1.18 bits per heavy atom. The van der Waals surface area contributed by atoms with Crippen LogP contribution in [0.25, 0.3) is 10.4 Å². The van der Waals surface area contributed by atoms with E-state index in [1.54, 1.807) is 30.3 Å². The molecule has 0 saturated carbocycles. The molecule has 0 atom stereocenters. The molecular formula is C12H9NO3S. The number of hydrogen-bond acceptors (Lipinski definition) is 3.